The molecular formula is C28H29N7O. The Bertz CT molecular complexity index is 1390. The molecule has 2 bridgehead atoms. The molecular weight excluding hydrogens is 450 g/mol. The summed E-state index contributed by atoms with van der Waals surface area (Å²) in [6, 6.07) is 13.0. The number of aliphatic imine (C=N–C) groups is 1. The molecule has 0 aliphatic carbocycles. The van der Waals surface area contributed by atoms with Crippen molar-refractivity contribution in [1.29, 1.82) is 0 Å². The van der Waals surface area contributed by atoms with Gasteiger partial charge in [0, 0.05) is 43.2 Å². The molecule has 0 saturated carbocycles. The van der Waals surface area contributed by atoms with Gasteiger partial charge in [-0.2, -0.15) is 0 Å². The molecule has 2 fully saturated rings. The van der Waals surface area contributed by atoms with Gasteiger partial charge in [-0.05, 0) is 43.9 Å². The zero-order chi connectivity index (χ0) is 23.9. The van der Waals surface area contributed by atoms with Crippen LogP contribution in [0.3, 0.4) is 0 Å². The molecule has 0 amide bonds. The number of hydrogen-bond acceptors (Lipinski definition) is 8. The van der Waals surface area contributed by atoms with E-state index < -0.39 is 0 Å². The van der Waals surface area contributed by atoms with Crippen LogP contribution in [0.25, 0.3) is 0 Å². The van der Waals surface area contributed by atoms with Crippen LogP contribution in [0.4, 0.5) is 11.5 Å². The topological polar surface area (TPSA) is 92.8 Å². The highest BCUT2D eigenvalue weighted by atomic mass is 16.5. The minimum absolute atomic E-state index is 0.0806. The maximum absolute atomic E-state index is 6.79. The molecule has 0 radical (unpaired) electrons. The van der Waals surface area contributed by atoms with Crippen molar-refractivity contribution >= 4 is 17.3 Å². The first-order valence-electron chi connectivity index (χ1n) is 13.1. The van der Waals surface area contributed by atoms with Crippen molar-refractivity contribution in [2.75, 3.05) is 16.3 Å². The van der Waals surface area contributed by atoms with Crippen molar-refractivity contribution in [3.63, 3.8) is 0 Å². The van der Waals surface area contributed by atoms with Crippen molar-refractivity contribution in [3.8, 4) is 5.75 Å². The molecule has 36 heavy (non-hydrogen) atoms. The van der Waals surface area contributed by atoms with E-state index in [2.05, 4.69) is 39.0 Å². The molecule has 1 spiro atoms. The third-order valence-electron chi connectivity index (χ3n) is 8.81. The lowest BCUT2D eigenvalue weighted by Crippen LogP contribution is -2.56. The Morgan fingerprint density at radius 2 is 1.86 bits per heavy atom. The summed E-state index contributed by atoms with van der Waals surface area (Å²) in [6.07, 6.45) is 10.0. The van der Waals surface area contributed by atoms with Gasteiger partial charge in [0.25, 0.3) is 0 Å². The van der Waals surface area contributed by atoms with Gasteiger partial charge in [-0.1, -0.05) is 18.2 Å². The summed E-state index contributed by atoms with van der Waals surface area (Å²) < 4.78 is 6.58. The highest BCUT2D eigenvalue weighted by Gasteiger charge is 2.56. The number of fused-ring (bicyclic) bond motifs is 5. The Labute approximate surface area is 210 Å². The predicted molar refractivity (Wildman–Crippen MR) is 137 cm³/mol. The number of nitrogens with zero attached hydrogens (tertiary/aromatic N) is 6. The molecule has 3 aromatic rings. The molecule has 5 aliphatic rings. The molecule has 8 nitrogen and oxygen atoms in total. The van der Waals surface area contributed by atoms with Crippen molar-refractivity contribution in [2.24, 2.45) is 10.7 Å². The molecule has 4 atom stereocenters. The average Bonchev–Trinajstić information content (AvgIpc) is 3.54. The highest BCUT2D eigenvalue weighted by Crippen LogP contribution is 2.53. The van der Waals surface area contributed by atoms with Crippen molar-refractivity contribution in [2.45, 2.75) is 68.8 Å². The molecule has 2 aromatic heterocycles. The summed E-state index contributed by atoms with van der Waals surface area (Å²) in [5.74, 6) is 2.85. The number of benzene rings is 1. The maximum atomic E-state index is 6.79. The summed E-state index contributed by atoms with van der Waals surface area (Å²) in [6.45, 7) is 1.51. The molecule has 2 saturated heterocycles. The predicted octanol–water partition coefficient (Wildman–Crippen LogP) is 3.55. The van der Waals surface area contributed by atoms with Crippen LogP contribution in [0.15, 0.2) is 53.8 Å². The van der Waals surface area contributed by atoms with Gasteiger partial charge in [-0.3, -0.25) is 9.98 Å². The molecule has 8 heteroatoms. The number of rotatable bonds is 1. The number of para-hydroxylation sites is 1. The van der Waals surface area contributed by atoms with E-state index in [1.54, 1.807) is 0 Å². The van der Waals surface area contributed by atoms with Gasteiger partial charge in [-0.25, -0.2) is 9.97 Å². The zero-order valence-corrected chi connectivity index (χ0v) is 20.2. The zero-order valence-electron chi connectivity index (χ0n) is 20.2. The van der Waals surface area contributed by atoms with Gasteiger partial charge < -0.3 is 20.3 Å². The lowest BCUT2D eigenvalue weighted by molar-refractivity contribution is 0.0272. The average molecular weight is 480 g/mol. The number of aryl methyl sites for hydroxylation is 1. The number of nitrogens with two attached hydrogens (primary N) is 1. The van der Waals surface area contributed by atoms with Gasteiger partial charge in [0.1, 0.15) is 22.9 Å². The minimum atomic E-state index is -0.317. The molecule has 1 unspecified atom stereocenters. The number of ether oxygens (including phenoxy) is 1. The van der Waals surface area contributed by atoms with E-state index in [1.165, 1.54) is 0 Å². The van der Waals surface area contributed by atoms with E-state index in [-0.39, 0.29) is 11.6 Å². The van der Waals surface area contributed by atoms with Crippen LogP contribution in [0, 0.1) is 0 Å². The number of pyridine rings is 1. The minimum Gasteiger partial charge on any atom is -0.485 e. The first-order chi connectivity index (χ1) is 17.7. The van der Waals surface area contributed by atoms with Crippen LogP contribution in [-0.2, 0) is 13.0 Å². The molecule has 5 aliphatic heterocycles. The third-order valence-corrected chi connectivity index (χ3v) is 8.81. The normalized spacial score (nSPS) is 29.6. The van der Waals surface area contributed by atoms with Crippen LogP contribution in [0.5, 0.6) is 5.75 Å². The standard InChI is InChI=1S/C28H29N7O/c29-26-19-5-1-2-8-23(19)36-28(26)13-17-9-10-18(14-28)35(17)24-16-31-25-21(33-24)15-32-27(25)34-12-4-6-20-22(34)7-3-11-30-20/h1-3,5,7-8,11,16-18,26H,4,6,9-10,12-15,29H2/t17-,18+,26-,28?/m1/s1. The molecule has 8 rings (SSSR count). The van der Waals surface area contributed by atoms with Gasteiger partial charge >= 0.3 is 0 Å². The Morgan fingerprint density at radius 3 is 2.72 bits per heavy atom. The smallest absolute Gasteiger partial charge is 0.156 e. The lowest BCUT2D eigenvalue weighted by Gasteiger charge is -2.46. The maximum Gasteiger partial charge on any atom is 0.156 e. The summed E-state index contributed by atoms with van der Waals surface area (Å²) >= 11 is 0. The fourth-order valence-corrected chi connectivity index (χ4v) is 7.24. The second-order valence-corrected chi connectivity index (χ2v) is 10.8. The number of anilines is 2. The SMILES string of the molecule is N[C@@H]1c2ccccc2OC12C[C@H]1CC[C@@H](C2)N1c1cnc2c(n1)CN=C2N1CCCc2ncccc21. The van der Waals surface area contributed by atoms with Crippen molar-refractivity contribution in [1.82, 2.24) is 15.0 Å². The Balaban J connectivity index is 1.07. The van der Waals surface area contributed by atoms with Gasteiger partial charge in [0.2, 0.25) is 0 Å². The molecule has 7 heterocycles. The molecule has 182 valence electrons. The van der Waals surface area contributed by atoms with Crippen molar-refractivity contribution < 1.29 is 4.74 Å². The third kappa shape index (κ3) is 2.85. The van der Waals surface area contributed by atoms with E-state index in [1.807, 2.05) is 24.5 Å². The lowest BCUT2D eigenvalue weighted by atomic mass is 9.79. The Kier molecular flexibility index (Phi) is 4.30. The Hall–Kier alpha value is -3.52. The van der Waals surface area contributed by atoms with Crippen LogP contribution >= 0.6 is 0 Å². The number of amidine groups is 1. The first kappa shape index (κ1) is 20.7. The molecule has 2 N–H and O–H groups in total. The summed E-state index contributed by atoms with van der Waals surface area (Å²) in [5.41, 5.74) is 11.8. The second-order valence-electron chi connectivity index (χ2n) is 10.8. The summed E-state index contributed by atoms with van der Waals surface area (Å²) in [7, 11) is 0. The highest BCUT2D eigenvalue weighted by molar-refractivity contribution is 6.11. The van der Waals surface area contributed by atoms with E-state index in [0.717, 1.165) is 90.8 Å². The van der Waals surface area contributed by atoms with Crippen LogP contribution in [0.1, 0.15) is 60.8 Å². The van der Waals surface area contributed by atoms with Crippen molar-refractivity contribution in [3.05, 3.63) is 71.4 Å². The van der Waals surface area contributed by atoms with E-state index >= 15 is 0 Å². The van der Waals surface area contributed by atoms with E-state index in [0.29, 0.717) is 18.6 Å². The van der Waals surface area contributed by atoms with Gasteiger partial charge in [0.15, 0.2) is 5.84 Å². The van der Waals surface area contributed by atoms with Crippen LogP contribution in [-0.4, -0.2) is 45.0 Å². The van der Waals surface area contributed by atoms with E-state index in [9.17, 15) is 0 Å². The number of hydrogen-bond donors (Lipinski definition) is 1. The van der Waals surface area contributed by atoms with Gasteiger partial charge in [0.05, 0.1) is 35.9 Å². The number of piperidine rings is 1. The first-order valence-corrected chi connectivity index (χ1v) is 13.1. The summed E-state index contributed by atoms with van der Waals surface area (Å²) in [4.78, 5) is 24.3. The quantitative estimate of drug-likeness (QED) is 0.571. The summed E-state index contributed by atoms with van der Waals surface area (Å²) in [5, 5.41) is 0. The second kappa shape index (κ2) is 7.49. The van der Waals surface area contributed by atoms with Crippen LogP contribution in [0.2, 0.25) is 0 Å². The molecule has 1 aromatic carbocycles. The van der Waals surface area contributed by atoms with Crippen LogP contribution < -0.4 is 20.3 Å². The fourth-order valence-electron chi connectivity index (χ4n) is 7.24. The Morgan fingerprint density at radius 1 is 1.00 bits per heavy atom. The fraction of sp³-hybridized carbons (Fsp3) is 0.429. The largest absolute Gasteiger partial charge is 0.485 e. The van der Waals surface area contributed by atoms with Gasteiger partial charge in [-0.15, -0.1) is 0 Å². The monoisotopic (exact) mass is 479 g/mol. The van der Waals surface area contributed by atoms with E-state index in [4.69, 9.17) is 25.4 Å². The number of aromatic nitrogens is 3.